The number of rotatable bonds is 11. The summed E-state index contributed by atoms with van der Waals surface area (Å²) in [5.41, 5.74) is 8.39. The second-order valence-corrected chi connectivity index (χ2v) is 22.1. The van der Waals surface area contributed by atoms with Crippen LogP contribution in [0.4, 0.5) is 28.8 Å². The zero-order chi connectivity index (χ0) is 44.8. The lowest BCUT2D eigenvalue weighted by molar-refractivity contribution is -0.136. The molecule has 1 aliphatic carbocycles. The molecule has 1 saturated carbocycles. The van der Waals surface area contributed by atoms with E-state index in [0.29, 0.717) is 58.2 Å². The SMILES string of the molecule is CCc1cc(Nc2ncc(Cl)c(Nc3ccccc3P(C)(C)=O)n2)c(OC)cc1N1CCC(N2CCC3(CCC(=Cc4cccc5c4CN(C4CCC(=O)NC4=O)C5=O)CC3)C2)CC1. The number of aromatic nitrogens is 2. The van der Waals surface area contributed by atoms with Gasteiger partial charge in [0.15, 0.2) is 5.82 Å². The van der Waals surface area contributed by atoms with Gasteiger partial charge in [0, 0.05) is 61.3 Å². The molecular weight excluding hydrogens is 847 g/mol. The Morgan fingerprint density at radius 2 is 1.73 bits per heavy atom. The number of nitrogens with one attached hydrogen (secondary N) is 3. The van der Waals surface area contributed by atoms with E-state index in [1.807, 2.05) is 36.4 Å². The number of hydrogen-bond donors (Lipinski definition) is 3. The lowest BCUT2D eigenvalue weighted by Crippen LogP contribution is -2.52. The van der Waals surface area contributed by atoms with Crippen molar-refractivity contribution < 1.29 is 23.7 Å². The number of allylic oxidation sites excluding steroid dienone is 1. The van der Waals surface area contributed by atoms with Gasteiger partial charge in [-0.15, -0.1) is 0 Å². The average molecular weight is 905 g/mol. The van der Waals surface area contributed by atoms with Gasteiger partial charge in [0.05, 0.1) is 24.7 Å². The van der Waals surface area contributed by atoms with Gasteiger partial charge in [0.25, 0.3) is 5.91 Å². The Morgan fingerprint density at radius 1 is 0.953 bits per heavy atom. The lowest BCUT2D eigenvalue weighted by atomic mass is 9.71. The third-order valence-corrected chi connectivity index (χ3v) is 16.1. The first-order valence-electron chi connectivity index (χ1n) is 22.7. The van der Waals surface area contributed by atoms with E-state index >= 15 is 0 Å². The Hall–Kier alpha value is -5.23. The summed E-state index contributed by atoms with van der Waals surface area (Å²) in [4.78, 5) is 53.9. The van der Waals surface area contributed by atoms with Gasteiger partial charge in [-0.2, -0.15) is 4.98 Å². The molecule has 0 bridgehead atoms. The number of hydrogen-bond acceptors (Lipinski definition) is 11. The average Bonchev–Trinajstić information content (AvgIpc) is 3.86. The summed E-state index contributed by atoms with van der Waals surface area (Å²) in [7, 11) is -0.873. The number of methoxy groups -OCH3 is 1. The predicted octanol–water partition coefficient (Wildman–Crippen LogP) is 8.52. The van der Waals surface area contributed by atoms with E-state index in [0.717, 1.165) is 80.4 Å². The molecule has 4 fully saturated rings. The van der Waals surface area contributed by atoms with Crippen LogP contribution in [0.2, 0.25) is 5.02 Å². The first-order chi connectivity index (χ1) is 30.8. The topological polar surface area (TPSA) is 149 Å². The van der Waals surface area contributed by atoms with Crippen molar-refractivity contribution in [1.29, 1.82) is 0 Å². The molecule has 0 radical (unpaired) electrons. The minimum absolute atomic E-state index is 0.124. The Balaban J connectivity index is 0.808. The van der Waals surface area contributed by atoms with E-state index in [-0.39, 0.29) is 24.1 Å². The summed E-state index contributed by atoms with van der Waals surface area (Å²) in [6, 6.07) is 17.6. The molecule has 64 heavy (non-hydrogen) atoms. The second kappa shape index (κ2) is 18.0. The lowest BCUT2D eigenvalue weighted by Gasteiger charge is -2.40. The highest BCUT2D eigenvalue weighted by atomic mass is 35.5. The number of para-hydroxylation sites is 1. The number of imide groups is 1. The Kier molecular flexibility index (Phi) is 12.4. The van der Waals surface area contributed by atoms with Gasteiger partial charge in [-0.25, -0.2) is 4.98 Å². The molecule has 4 aliphatic heterocycles. The van der Waals surface area contributed by atoms with Crippen LogP contribution < -0.4 is 30.9 Å². The minimum Gasteiger partial charge on any atom is -0.494 e. The van der Waals surface area contributed by atoms with Crippen LogP contribution in [0, 0.1) is 5.41 Å². The Bertz CT molecular complexity index is 2560. The largest absolute Gasteiger partial charge is 0.494 e. The third-order valence-electron chi connectivity index (χ3n) is 14.2. The summed E-state index contributed by atoms with van der Waals surface area (Å²) < 4.78 is 18.9. The molecule has 1 atom stereocenters. The maximum absolute atomic E-state index is 13.4. The number of piperidine rings is 2. The van der Waals surface area contributed by atoms with Crippen LogP contribution in [0.5, 0.6) is 5.75 Å². The maximum Gasteiger partial charge on any atom is 0.255 e. The number of carbonyl (C=O) groups is 3. The molecule has 13 nitrogen and oxygen atoms in total. The number of aryl methyl sites for hydroxylation is 1. The normalized spacial score (nSPS) is 21.9. The number of benzene rings is 3. The number of carbonyl (C=O) groups excluding carboxylic acids is 3. The van der Waals surface area contributed by atoms with Crippen molar-refractivity contribution >= 4 is 76.7 Å². The van der Waals surface area contributed by atoms with E-state index in [1.165, 1.54) is 36.1 Å². The summed E-state index contributed by atoms with van der Waals surface area (Å²) in [6.45, 7) is 10.3. The zero-order valence-electron chi connectivity index (χ0n) is 37.2. The molecule has 1 aromatic heterocycles. The van der Waals surface area contributed by atoms with Crippen LogP contribution in [0.3, 0.4) is 0 Å². The van der Waals surface area contributed by atoms with Crippen molar-refractivity contribution in [2.45, 2.75) is 89.8 Å². The fraction of sp³-hybridized carbons (Fsp3) is 0.449. The van der Waals surface area contributed by atoms with Crippen molar-refractivity contribution in [3.8, 4) is 5.75 Å². The van der Waals surface area contributed by atoms with Crippen LogP contribution in [0.15, 0.2) is 66.4 Å². The number of nitrogens with zero attached hydrogens (tertiary/aromatic N) is 5. The van der Waals surface area contributed by atoms with Gasteiger partial charge in [-0.1, -0.05) is 54.4 Å². The fourth-order valence-corrected chi connectivity index (χ4v) is 11.9. The maximum atomic E-state index is 13.4. The molecule has 1 unspecified atom stereocenters. The molecule has 336 valence electrons. The standard InChI is InChI=1S/C49H58ClN8O5P/c1-5-32-26-39(53-48-51-28-37(50)45(55-48)52-38-11-6-7-12-43(38)64(3,4)62)42(63-2)27-41(32)56-22-17-34(18-23-56)57-24-21-49(30-57)19-15-31(16-20-49)25-33-9-8-10-35-36(33)29-58(47(35)61)40-13-14-44(59)54-46(40)60/h6-12,25-28,34,40H,5,13-24,29-30H2,1-4H3,(H,54,59,60)(H2,51,52,53,55). The van der Waals surface area contributed by atoms with Gasteiger partial charge in [-0.3, -0.25) is 24.6 Å². The van der Waals surface area contributed by atoms with E-state index in [1.54, 1.807) is 31.5 Å². The van der Waals surface area contributed by atoms with Crippen molar-refractivity contribution in [3.63, 3.8) is 0 Å². The summed E-state index contributed by atoms with van der Waals surface area (Å²) in [5, 5.41) is 10.1. The molecule has 9 rings (SSSR count). The number of ether oxygens (including phenoxy) is 1. The quantitative estimate of drug-likeness (QED) is 0.0983. The van der Waals surface area contributed by atoms with Gasteiger partial charge >= 0.3 is 0 Å². The van der Waals surface area contributed by atoms with Gasteiger partial charge in [0.2, 0.25) is 17.8 Å². The van der Waals surface area contributed by atoms with Crippen molar-refractivity contribution in [1.82, 2.24) is 25.1 Å². The molecule has 15 heteroatoms. The summed E-state index contributed by atoms with van der Waals surface area (Å²) >= 11 is 6.55. The Morgan fingerprint density at radius 3 is 2.47 bits per heavy atom. The third kappa shape index (κ3) is 8.91. The molecule has 3 N–H and O–H groups in total. The van der Waals surface area contributed by atoms with Gasteiger partial charge in [0.1, 0.15) is 24.0 Å². The molecule has 4 aromatic rings. The number of amides is 3. The number of halogens is 1. The first kappa shape index (κ1) is 44.0. The molecule has 3 aromatic carbocycles. The molecule has 3 amide bonds. The van der Waals surface area contributed by atoms with Crippen LogP contribution in [-0.2, 0) is 27.1 Å². The zero-order valence-corrected chi connectivity index (χ0v) is 38.9. The highest BCUT2D eigenvalue weighted by Crippen LogP contribution is 2.48. The first-order valence-corrected chi connectivity index (χ1v) is 25.7. The van der Waals surface area contributed by atoms with Crippen molar-refractivity contribution in [3.05, 3.63) is 93.6 Å². The summed E-state index contributed by atoms with van der Waals surface area (Å²) in [6.07, 6.45) is 13.3. The highest BCUT2D eigenvalue weighted by Gasteiger charge is 2.43. The van der Waals surface area contributed by atoms with E-state index in [2.05, 4.69) is 61.9 Å². The Labute approximate surface area is 380 Å². The second-order valence-electron chi connectivity index (χ2n) is 18.6. The predicted molar refractivity (Wildman–Crippen MR) is 254 cm³/mol. The monoisotopic (exact) mass is 904 g/mol. The number of fused-ring (bicyclic) bond motifs is 1. The van der Waals surface area contributed by atoms with Crippen LogP contribution >= 0.6 is 18.7 Å². The minimum atomic E-state index is -2.56. The smallest absolute Gasteiger partial charge is 0.255 e. The number of likely N-dealkylation sites (tertiary alicyclic amines) is 1. The van der Waals surface area contributed by atoms with Gasteiger partial charge in [-0.05, 0) is 124 Å². The summed E-state index contributed by atoms with van der Waals surface area (Å²) in [5.74, 6) is 0.707. The molecular formula is C49H58ClN8O5P. The fourth-order valence-electron chi connectivity index (χ4n) is 10.6. The van der Waals surface area contributed by atoms with E-state index in [4.69, 9.17) is 21.3 Å². The van der Waals surface area contributed by atoms with E-state index < -0.39 is 13.2 Å². The van der Waals surface area contributed by atoms with Crippen LogP contribution in [0.25, 0.3) is 6.08 Å². The van der Waals surface area contributed by atoms with Crippen LogP contribution in [-0.4, -0.2) is 96.2 Å². The van der Waals surface area contributed by atoms with E-state index in [9.17, 15) is 18.9 Å². The van der Waals surface area contributed by atoms with Crippen molar-refractivity contribution in [2.75, 3.05) is 62.2 Å². The molecule has 5 aliphatic rings. The van der Waals surface area contributed by atoms with Crippen molar-refractivity contribution in [2.24, 2.45) is 5.41 Å². The molecule has 3 saturated heterocycles. The highest BCUT2D eigenvalue weighted by molar-refractivity contribution is 7.70. The molecule has 5 heterocycles. The van der Waals surface area contributed by atoms with Crippen LogP contribution in [0.1, 0.15) is 91.8 Å². The van der Waals surface area contributed by atoms with Gasteiger partial charge < -0.3 is 29.7 Å². The molecule has 1 spiro atoms. The number of anilines is 5.